The van der Waals surface area contributed by atoms with Gasteiger partial charge in [0, 0.05) is 13.2 Å². The van der Waals surface area contributed by atoms with Crippen molar-refractivity contribution in [3.05, 3.63) is 24.3 Å². The van der Waals surface area contributed by atoms with Crippen LogP contribution in [0.15, 0.2) is 24.3 Å². The highest BCUT2D eigenvalue weighted by atomic mass is 16.7. The minimum absolute atomic E-state index is 0.465. The lowest BCUT2D eigenvalue weighted by Gasteiger charge is -2.05. The SMILES string of the molecule is CCCC/C=C\C=C\CCCCOCOCCCCCCCCCC. The van der Waals surface area contributed by atoms with Crippen LogP contribution in [0.5, 0.6) is 0 Å². The van der Waals surface area contributed by atoms with Gasteiger partial charge in [0.25, 0.3) is 0 Å². The van der Waals surface area contributed by atoms with Crippen molar-refractivity contribution in [2.75, 3.05) is 20.0 Å². The summed E-state index contributed by atoms with van der Waals surface area (Å²) >= 11 is 0. The summed E-state index contributed by atoms with van der Waals surface area (Å²) in [5, 5.41) is 0. The third-order valence-corrected chi connectivity index (χ3v) is 4.33. The molecule has 25 heavy (non-hydrogen) atoms. The van der Waals surface area contributed by atoms with E-state index in [9.17, 15) is 0 Å². The molecule has 0 aliphatic carbocycles. The van der Waals surface area contributed by atoms with E-state index < -0.39 is 0 Å². The third kappa shape index (κ3) is 23.4. The lowest BCUT2D eigenvalue weighted by molar-refractivity contribution is -0.0554. The van der Waals surface area contributed by atoms with Gasteiger partial charge < -0.3 is 9.47 Å². The quantitative estimate of drug-likeness (QED) is 0.128. The molecule has 0 N–H and O–H groups in total. The van der Waals surface area contributed by atoms with E-state index >= 15 is 0 Å². The van der Waals surface area contributed by atoms with Crippen LogP contribution in [0.25, 0.3) is 0 Å². The fourth-order valence-electron chi connectivity index (χ4n) is 2.65. The van der Waals surface area contributed by atoms with Gasteiger partial charge in [-0.25, -0.2) is 0 Å². The Bertz CT molecular complexity index is 284. The Morgan fingerprint density at radius 1 is 0.520 bits per heavy atom. The number of unbranched alkanes of at least 4 members (excludes halogenated alkanes) is 11. The second kappa shape index (κ2) is 23.4. The van der Waals surface area contributed by atoms with E-state index in [1.54, 1.807) is 0 Å². The van der Waals surface area contributed by atoms with E-state index in [0.717, 1.165) is 26.1 Å². The molecule has 2 nitrogen and oxygen atoms in total. The van der Waals surface area contributed by atoms with Crippen LogP contribution in [0.4, 0.5) is 0 Å². The fraction of sp³-hybridized carbons (Fsp3) is 0.826. The number of allylic oxidation sites excluding steroid dienone is 4. The molecule has 0 spiro atoms. The van der Waals surface area contributed by atoms with Crippen LogP contribution in [0.1, 0.15) is 104 Å². The summed E-state index contributed by atoms with van der Waals surface area (Å²) in [7, 11) is 0. The first-order valence-corrected chi connectivity index (χ1v) is 10.9. The number of hydrogen-bond acceptors (Lipinski definition) is 2. The van der Waals surface area contributed by atoms with E-state index in [-0.39, 0.29) is 0 Å². The van der Waals surface area contributed by atoms with Gasteiger partial charge in [-0.3, -0.25) is 0 Å². The highest BCUT2D eigenvalue weighted by Crippen LogP contribution is 2.08. The van der Waals surface area contributed by atoms with Crippen molar-refractivity contribution < 1.29 is 9.47 Å². The van der Waals surface area contributed by atoms with Crippen LogP contribution >= 0.6 is 0 Å². The fourth-order valence-corrected chi connectivity index (χ4v) is 2.65. The highest BCUT2D eigenvalue weighted by molar-refractivity contribution is 5.02. The summed E-state index contributed by atoms with van der Waals surface area (Å²) in [5.41, 5.74) is 0. The summed E-state index contributed by atoms with van der Waals surface area (Å²) in [5.74, 6) is 0. The first-order chi connectivity index (χ1) is 12.4. The monoisotopic (exact) mass is 352 g/mol. The summed E-state index contributed by atoms with van der Waals surface area (Å²) in [6.07, 6.45) is 26.8. The van der Waals surface area contributed by atoms with Gasteiger partial charge in [-0.1, -0.05) is 95.9 Å². The largest absolute Gasteiger partial charge is 0.355 e. The molecule has 0 heterocycles. The predicted octanol–water partition coefficient (Wildman–Crippen LogP) is 7.59. The molecule has 0 aliphatic heterocycles. The molecule has 0 atom stereocenters. The van der Waals surface area contributed by atoms with Crippen molar-refractivity contribution in [3.63, 3.8) is 0 Å². The van der Waals surface area contributed by atoms with Crippen molar-refractivity contribution in [3.8, 4) is 0 Å². The van der Waals surface area contributed by atoms with Gasteiger partial charge in [0.1, 0.15) is 6.79 Å². The standard InChI is InChI=1S/C23H44O2/c1-3-5-7-9-11-13-14-16-18-20-22-25-23-24-21-19-17-15-12-10-8-6-4-2/h9,11,13-14H,3-8,10,12,15-23H2,1-2H3/b11-9-,14-13+. The maximum atomic E-state index is 5.53. The minimum Gasteiger partial charge on any atom is -0.355 e. The van der Waals surface area contributed by atoms with Crippen molar-refractivity contribution in [2.24, 2.45) is 0 Å². The van der Waals surface area contributed by atoms with Gasteiger partial charge in [0.2, 0.25) is 0 Å². The maximum absolute atomic E-state index is 5.53. The first-order valence-electron chi connectivity index (χ1n) is 10.9. The lowest BCUT2D eigenvalue weighted by Crippen LogP contribution is -2.02. The highest BCUT2D eigenvalue weighted by Gasteiger charge is 1.93. The zero-order valence-corrected chi connectivity index (χ0v) is 17.1. The average molecular weight is 353 g/mol. The van der Waals surface area contributed by atoms with Crippen molar-refractivity contribution in [1.82, 2.24) is 0 Å². The topological polar surface area (TPSA) is 18.5 Å². The van der Waals surface area contributed by atoms with E-state index in [2.05, 4.69) is 38.2 Å². The summed E-state index contributed by atoms with van der Waals surface area (Å²) in [4.78, 5) is 0. The molecule has 0 radical (unpaired) electrons. The van der Waals surface area contributed by atoms with E-state index in [1.165, 1.54) is 77.0 Å². The van der Waals surface area contributed by atoms with Crippen LogP contribution in [0, 0.1) is 0 Å². The van der Waals surface area contributed by atoms with Crippen LogP contribution in [-0.2, 0) is 9.47 Å². The van der Waals surface area contributed by atoms with E-state index in [1.807, 2.05) is 0 Å². The normalized spacial score (nSPS) is 11.9. The van der Waals surface area contributed by atoms with Gasteiger partial charge in [-0.15, -0.1) is 0 Å². The molecule has 0 saturated carbocycles. The Morgan fingerprint density at radius 3 is 1.60 bits per heavy atom. The van der Waals surface area contributed by atoms with Gasteiger partial charge in [0.15, 0.2) is 0 Å². The van der Waals surface area contributed by atoms with Crippen LogP contribution < -0.4 is 0 Å². The summed E-state index contributed by atoms with van der Waals surface area (Å²) < 4.78 is 11.0. The number of rotatable bonds is 20. The molecule has 0 bridgehead atoms. The van der Waals surface area contributed by atoms with E-state index in [4.69, 9.17) is 9.47 Å². The lowest BCUT2D eigenvalue weighted by atomic mass is 10.1. The van der Waals surface area contributed by atoms with Gasteiger partial charge in [-0.05, 0) is 32.1 Å². The molecule has 0 rings (SSSR count). The third-order valence-electron chi connectivity index (χ3n) is 4.33. The van der Waals surface area contributed by atoms with Gasteiger partial charge >= 0.3 is 0 Å². The molecule has 0 amide bonds. The second-order valence-electron chi connectivity index (χ2n) is 6.90. The van der Waals surface area contributed by atoms with Crippen LogP contribution in [0.3, 0.4) is 0 Å². The van der Waals surface area contributed by atoms with Crippen molar-refractivity contribution in [1.29, 1.82) is 0 Å². The zero-order valence-electron chi connectivity index (χ0n) is 17.1. The molecule has 0 aromatic rings. The molecule has 0 saturated heterocycles. The Balaban J connectivity index is 3.07. The Morgan fingerprint density at radius 2 is 1.00 bits per heavy atom. The number of hydrogen-bond donors (Lipinski definition) is 0. The van der Waals surface area contributed by atoms with Gasteiger partial charge in [-0.2, -0.15) is 0 Å². The molecular formula is C23H44O2. The molecule has 148 valence electrons. The van der Waals surface area contributed by atoms with Crippen LogP contribution in [0.2, 0.25) is 0 Å². The molecule has 0 fully saturated rings. The molecule has 0 unspecified atom stereocenters. The second-order valence-corrected chi connectivity index (χ2v) is 6.90. The van der Waals surface area contributed by atoms with Crippen molar-refractivity contribution >= 4 is 0 Å². The van der Waals surface area contributed by atoms with E-state index in [0.29, 0.717) is 6.79 Å². The molecule has 0 aromatic carbocycles. The predicted molar refractivity (Wildman–Crippen MR) is 111 cm³/mol. The Labute approximate surface area is 158 Å². The molecule has 2 heteroatoms. The Hall–Kier alpha value is -0.600. The van der Waals surface area contributed by atoms with Gasteiger partial charge in [0.05, 0.1) is 0 Å². The van der Waals surface area contributed by atoms with Crippen LogP contribution in [-0.4, -0.2) is 20.0 Å². The zero-order chi connectivity index (χ0) is 18.3. The molecule has 0 aromatic heterocycles. The first kappa shape index (κ1) is 24.4. The average Bonchev–Trinajstić information content (AvgIpc) is 2.63. The summed E-state index contributed by atoms with van der Waals surface area (Å²) in [6.45, 7) is 6.63. The molecule has 0 aliphatic rings. The Kier molecular flexibility index (Phi) is 22.8. The minimum atomic E-state index is 0.465. The summed E-state index contributed by atoms with van der Waals surface area (Å²) in [6, 6.07) is 0. The number of ether oxygens (including phenoxy) is 2. The maximum Gasteiger partial charge on any atom is 0.146 e. The molecular weight excluding hydrogens is 308 g/mol. The van der Waals surface area contributed by atoms with Crippen molar-refractivity contribution in [2.45, 2.75) is 104 Å². The smallest absolute Gasteiger partial charge is 0.146 e.